The molecule has 0 saturated heterocycles. The van der Waals surface area contributed by atoms with Gasteiger partial charge in [-0.2, -0.15) is 0 Å². The molecule has 3 aromatic rings. The van der Waals surface area contributed by atoms with Crippen LogP contribution in [0.3, 0.4) is 0 Å². The fourth-order valence-electron chi connectivity index (χ4n) is 3.33. The van der Waals surface area contributed by atoms with E-state index in [1.165, 1.54) is 11.8 Å². The molecule has 0 bridgehead atoms. The van der Waals surface area contributed by atoms with E-state index < -0.39 is 0 Å². The summed E-state index contributed by atoms with van der Waals surface area (Å²) in [7, 11) is 0. The van der Waals surface area contributed by atoms with Crippen molar-refractivity contribution < 1.29 is 9.59 Å². The lowest BCUT2D eigenvalue weighted by Crippen LogP contribution is -2.30. The van der Waals surface area contributed by atoms with Crippen molar-refractivity contribution in [1.29, 1.82) is 0 Å². The quantitative estimate of drug-likeness (QED) is 0.446. The Bertz CT molecular complexity index is 1150. The topological polar surface area (TPSA) is 61.4 Å². The summed E-state index contributed by atoms with van der Waals surface area (Å²) in [4.78, 5) is 29.1. The van der Waals surface area contributed by atoms with Crippen LogP contribution in [0.2, 0.25) is 0 Å². The SMILES string of the molecule is CCN1C(=O)c2ccccc2Sc2cc(NC(=O)Nc3ccc(Br)c(C)c3)ccc21. The first-order chi connectivity index (χ1) is 14.5. The van der Waals surface area contributed by atoms with Crippen molar-refractivity contribution in [3.63, 3.8) is 0 Å². The van der Waals surface area contributed by atoms with Gasteiger partial charge in [-0.25, -0.2) is 4.79 Å². The summed E-state index contributed by atoms with van der Waals surface area (Å²) in [5.41, 5.74) is 3.96. The molecule has 0 unspecified atom stereocenters. The second kappa shape index (κ2) is 8.53. The highest BCUT2D eigenvalue weighted by Crippen LogP contribution is 2.42. The van der Waals surface area contributed by atoms with Crippen LogP contribution in [0.4, 0.5) is 21.9 Å². The van der Waals surface area contributed by atoms with E-state index >= 15 is 0 Å². The summed E-state index contributed by atoms with van der Waals surface area (Å²) in [5.74, 6) is -0.0107. The highest BCUT2D eigenvalue weighted by Gasteiger charge is 2.26. The number of aryl methyl sites for hydroxylation is 1. The molecule has 1 aliphatic heterocycles. The van der Waals surface area contributed by atoms with Crippen molar-refractivity contribution in [1.82, 2.24) is 0 Å². The number of hydrogen-bond donors (Lipinski definition) is 2. The van der Waals surface area contributed by atoms with Gasteiger partial charge in [0.2, 0.25) is 0 Å². The third kappa shape index (κ3) is 4.08. The molecule has 3 amide bonds. The van der Waals surface area contributed by atoms with Crippen LogP contribution in [0, 0.1) is 6.92 Å². The van der Waals surface area contributed by atoms with Crippen LogP contribution in [0.5, 0.6) is 0 Å². The molecule has 2 N–H and O–H groups in total. The Morgan fingerprint density at radius 3 is 2.43 bits per heavy atom. The van der Waals surface area contributed by atoms with Crippen LogP contribution in [0.15, 0.2) is 74.9 Å². The number of anilines is 3. The van der Waals surface area contributed by atoms with Gasteiger partial charge in [0.15, 0.2) is 0 Å². The number of nitrogens with zero attached hydrogens (tertiary/aromatic N) is 1. The zero-order chi connectivity index (χ0) is 21.3. The van der Waals surface area contributed by atoms with Crippen LogP contribution in [-0.2, 0) is 0 Å². The Balaban J connectivity index is 1.59. The number of nitrogens with one attached hydrogen (secondary N) is 2. The Labute approximate surface area is 188 Å². The van der Waals surface area contributed by atoms with Crippen molar-refractivity contribution >= 4 is 56.7 Å². The first-order valence-corrected chi connectivity index (χ1v) is 11.1. The minimum absolute atomic E-state index is 0.0107. The molecular formula is C23H20BrN3O2S. The highest BCUT2D eigenvalue weighted by molar-refractivity contribution is 9.10. The van der Waals surface area contributed by atoms with E-state index in [9.17, 15) is 9.59 Å². The summed E-state index contributed by atoms with van der Waals surface area (Å²) in [5, 5.41) is 5.74. The molecule has 3 aromatic carbocycles. The van der Waals surface area contributed by atoms with Crippen LogP contribution in [0.1, 0.15) is 22.8 Å². The van der Waals surface area contributed by atoms with E-state index in [1.54, 1.807) is 4.90 Å². The van der Waals surface area contributed by atoms with Crippen LogP contribution in [-0.4, -0.2) is 18.5 Å². The second-order valence-corrected chi connectivity index (χ2v) is 8.81. The number of amides is 3. The molecule has 1 aliphatic rings. The van der Waals surface area contributed by atoms with Crippen LogP contribution in [0.25, 0.3) is 0 Å². The van der Waals surface area contributed by atoms with Crippen molar-refractivity contribution in [3.8, 4) is 0 Å². The number of urea groups is 1. The van der Waals surface area contributed by atoms with Gasteiger partial charge in [-0.15, -0.1) is 0 Å². The molecule has 0 fully saturated rings. The van der Waals surface area contributed by atoms with E-state index in [1.807, 2.05) is 74.5 Å². The summed E-state index contributed by atoms with van der Waals surface area (Å²) in [6.45, 7) is 4.49. The molecule has 0 radical (unpaired) electrons. The molecule has 30 heavy (non-hydrogen) atoms. The van der Waals surface area contributed by atoms with Crippen LogP contribution < -0.4 is 15.5 Å². The molecule has 152 valence electrons. The first-order valence-electron chi connectivity index (χ1n) is 9.53. The minimum atomic E-state index is -0.320. The lowest BCUT2D eigenvalue weighted by Gasteiger charge is -2.21. The molecular weight excluding hydrogens is 462 g/mol. The molecule has 1 heterocycles. The van der Waals surface area contributed by atoms with Crippen molar-refractivity contribution in [2.24, 2.45) is 0 Å². The van der Waals surface area contributed by atoms with Gasteiger partial charge in [0.05, 0.1) is 11.3 Å². The van der Waals surface area contributed by atoms with E-state index in [2.05, 4.69) is 26.6 Å². The zero-order valence-corrected chi connectivity index (χ0v) is 18.9. The lowest BCUT2D eigenvalue weighted by molar-refractivity contribution is 0.0985. The summed E-state index contributed by atoms with van der Waals surface area (Å²) in [6, 6.07) is 18.5. The van der Waals surface area contributed by atoms with Gasteiger partial charge < -0.3 is 15.5 Å². The van der Waals surface area contributed by atoms with E-state index in [0.717, 1.165) is 25.5 Å². The Morgan fingerprint density at radius 1 is 1.00 bits per heavy atom. The van der Waals surface area contributed by atoms with Gasteiger partial charge >= 0.3 is 6.03 Å². The number of halogens is 1. The third-order valence-electron chi connectivity index (χ3n) is 4.82. The second-order valence-electron chi connectivity index (χ2n) is 6.87. The summed E-state index contributed by atoms with van der Waals surface area (Å²) < 4.78 is 0.992. The van der Waals surface area contributed by atoms with Crippen molar-refractivity contribution in [2.45, 2.75) is 23.6 Å². The number of benzene rings is 3. The van der Waals surface area contributed by atoms with Crippen LogP contribution >= 0.6 is 27.7 Å². The number of carbonyl (C=O) groups excluding carboxylic acids is 2. The summed E-state index contributed by atoms with van der Waals surface area (Å²) in [6.07, 6.45) is 0. The van der Waals surface area contributed by atoms with Gasteiger partial charge in [0.25, 0.3) is 5.91 Å². The highest BCUT2D eigenvalue weighted by atomic mass is 79.9. The molecule has 5 nitrogen and oxygen atoms in total. The third-order valence-corrected chi connectivity index (χ3v) is 6.84. The molecule has 7 heteroatoms. The molecule has 4 rings (SSSR count). The van der Waals surface area contributed by atoms with Crippen molar-refractivity contribution in [3.05, 3.63) is 76.3 Å². The van der Waals surface area contributed by atoms with Gasteiger partial charge in [-0.05, 0) is 67.9 Å². The van der Waals surface area contributed by atoms with Gasteiger partial charge in [-0.3, -0.25) is 4.79 Å². The zero-order valence-electron chi connectivity index (χ0n) is 16.5. The van der Waals surface area contributed by atoms with Gasteiger partial charge in [0.1, 0.15) is 0 Å². The summed E-state index contributed by atoms with van der Waals surface area (Å²) >= 11 is 4.99. The monoisotopic (exact) mass is 481 g/mol. The number of carbonyl (C=O) groups is 2. The average Bonchev–Trinajstić information content (AvgIpc) is 2.84. The molecule has 0 aromatic heterocycles. The maximum absolute atomic E-state index is 13.0. The number of fused-ring (bicyclic) bond motifs is 2. The molecule has 0 atom stereocenters. The average molecular weight is 482 g/mol. The Hall–Kier alpha value is -2.77. The first kappa shape index (κ1) is 20.5. The fraction of sp³-hybridized carbons (Fsp3) is 0.130. The standard InChI is InChI=1S/C23H20BrN3O2S/c1-3-27-19-11-9-16(26-23(29)25-15-8-10-18(24)14(2)12-15)13-21(19)30-20-7-5-4-6-17(20)22(27)28/h4-13H,3H2,1-2H3,(H2,25,26,29). The maximum atomic E-state index is 13.0. The normalized spacial score (nSPS) is 12.6. The fourth-order valence-corrected chi connectivity index (χ4v) is 4.70. The minimum Gasteiger partial charge on any atom is -0.308 e. The molecule has 0 saturated carbocycles. The predicted octanol–water partition coefficient (Wildman–Crippen LogP) is 6.53. The molecule has 0 spiro atoms. The largest absolute Gasteiger partial charge is 0.323 e. The lowest BCUT2D eigenvalue weighted by atomic mass is 10.1. The molecule has 0 aliphatic carbocycles. The van der Waals surface area contributed by atoms with Gasteiger partial charge in [-0.1, -0.05) is 39.8 Å². The number of rotatable bonds is 3. The predicted molar refractivity (Wildman–Crippen MR) is 126 cm³/mol. The van der Waals surface area contributed by atoms with E-state index in [4.69, 9.17) is 0 Å². The van der Waals surface area contributed by atoms with E-state index in [-0.39, 0.29) is 11.9 Å². The van der Waals surface area contributed by atoms with Gasteiger partial charge in [0, 0.05) is 32.2 Å². The number of hydrogen-bond acceptors (Lipinski definition) is 3. The Morgan fingerprint density at radius 2 is 1.70 bits per heavy atom. The van der Waals surface area contributed by atoms with Crippen molar-refractivity contribution in [2.75, 3.05) is 22.1 Å². The Kier molecular flexibility index (Phi) is 5.83. The maximum Gasteiger partial charge on any atom is 0.323 e. The van der Waals surface area contributed by atoms with E-state index in [0.29, 0.717) is 23.5 Å². The smallest absolute Gasteiger partial charge is 0.308 e.